The number of methoxy groups -OCH3 is 1. The van der Waals surface area contributed by atoms with E-state index in [0.717, 1.165) is 27.5 Å². The van der Waals surface area contributed by atoms with Crippen molar-refractivity contribution in [3.8, 4) is 23.3 Å². The van der Waals surface area contributed by atoms with Gasteiger partial charge in [-0.2, -0.15) is 5.26 Å². The number of ether oxygens (including phenoxy) is 3. The average Bonchev–Trinajstić information content (AvgIpc) is 3.03. The Hall–Kier alpha value is -5.54. The normalized spacial score (nSPS) is 11.1. The second kappa shape index (κ2) is 13.4. The summed E-state index contributed by atoms with van der Waals surface area (Å²) in [6.45, 7) is 4.86. The third-order valence-corrected chi connectivity index (χ3v) is 7.17. The summed E-state index contributed by atoms with van der Waals surface area (Å²) in [5, 5.41) is 14.9. The summed E-state index contributed by atoms with van der Waals surface area (Å²) < 4.78 is 17.6. The zero-order valence-corrected chi connectivity index (χ0v) is 24.4. The molecule has 0 atom stereocenters. The van der Waals surface area contributed by atoms with Crippen LogP contribution in [0.2, 0.25) is 0 Å². The smallest absolute Gasteiger partial charge is 0.266 e. The molecule has 0 unspecified atom stereocenters. The molecule has 1 N–H and O–H groups in total. The zero-order valence-electron chi connectivity index (χ0n) is 24.4. The molecule has 0 aliphatic carbocycles. The maximum absolute atomic E-state index is 13.1. The predicted molar refractivity (Wildman–Crippen MR) is 170 cm³/mol. The van der Waals surface area contributed by atoms with Crippen molar-refractivity contribution in [2.75, 3.05) is 12.4 Å². The van der Waals surface area contributed by atoms with Gasteiger partial charge >= 0.3 is 0 Å². The van der Waals surface area contributed by atoms with Gasteiger partial charge in [0.15, 0.2) is 0 Å². The quantitative estimate of drug-likeness (QED) is 0.136. The van der Waals surface area contributed by atoms with Crippen molar-refractivity contribution in [2.45, 2.75) is 27.1 Å². The summed E-state index contributed by atoms with van der Waals surface area (Å²) in [6, 6.07) is 34.9. The Morgan fingerprint density at radius 1 is 0.837 bits per heavy atom. The van der Waals surface area contributed by atoms with Gasteiger partial charge in [-0.15, -0.1) is 0 Å². The van der Waals surface area contributed by atoms with Crippen molar-refractivity contribution in [3.05, 3.63) is 137 Å². The van der Waals surface area contributed by atoms with Gasteiger partial charge < -0.3 is 19.5 Å². The molecule has 0 aliphatic rings. The molecule has 1 amide bonds. The van der Waals surface area contributed by atoms with Gasteiger partial charge in [0.25, 0.3) is 5.91 Å². The van der Waals surface area contributed by atoms with E-state index in [1.165, 1.54) is 11.6 Å². The highest BCUT2D eigenvalue weighted by molar-refractivity contribution is 6.09. The van der Waals surface area contributed by atoms with Gasteiger partial charge in [-0.05, 0) is 78.2 Å². The van der Waals surface area contributed by atoms with Crippen molar-refractivity contribution in [2.24, 2.45) is 0 Å². The van der Waals surface area contributed by atoms with E-state index in [9.17, 15) is 10.1 Å². The third kappa shape index (κ3) is 7.22. The number of carbonyl (C=O) groups is 1. The molecule has 0 fully saturated rings. The van der Waals surface area contributed by atoms with Crippen molar-refractivity contribution in [1.29, 1.82) is 5.26 Å². The lowest BCUT2D eigenvalue weighted by Gasteiger charge is -2.15. The van der Waals surface area contributed by atoms with Gasteiger partial charge in [0, 0.05) is 22.9 Å². The van der Waals surface area contributed by atoms with E-state index in [1.807, 2.05) is 49.4 Å². The second-order valence-electron chi connectivity index (χ2n) is 10.2. The van der Waals surface area contributed by atoms with Gasteiger partial charge in [0.1, 0.15) is 42.1 Å². The second-order valence-corrected chi connectivity index (χ2v) is 10.2. The van der Waals surface area contributed by atoms with Crippen LogP contribution in [0.3, 0.4) is 0 Å². The van der Waals surface area contributed by atoms with E-state index < -0.39 is 5.91 Å². The van der Waals surface area contributed by atoms with Crippen LogP contribution < -0.4 is 19.5 Å². The first-order chi connectivity index (χ1) is 20.9. The molecule has 5 aromatic rings. The Morgan fingerprint density at radius 2 is 1.58 bits per heavy atom. The minimum Gasteiger partial charge on any atom is -0.497 e. The number of hydrogen-bond donors (Lipinski definition) is 1. The predicted octanol–water partition coefficient (Wildman–Crippen LogP) is 8.17. The maximum Gasteiger partial charge on any atom is 0.266 e. The molecular formula is C37H32N2O4. The van der Waals surface area contributed by atoms with E-state index in [4.69, 9.17) is 14.2 Å². The van der Waals surface area contributed by atoms with Crippen molar-refractivity contribution < 1.29 is 19.0 Å². The summed E-state index contributed by atoms with van der Waals surface area (Å²) in [4.78, 5) is 13.1. The fourth-order valence-electron chi connectivity index (χ4n) is 4.66. The summed E-state index contributed by atoms with van der Waals surface area (Å²) in [5.41, 5.74) is 5.53. The SMILES string of the molecule is COc1ccc(/C=C(\C#N)C(=O)Nc2ccc(OCc3ccc(C)cc3)cc2)c(OCc2c(C)ccc3ccccc23)c1. The van der Waals surface area contributed by atoms with E-state index in [0.29, 0.717) is 41.7 Å². The summed E-state index contributed by atoms with van der Waals surface area (Å²) in [5.74, 6) is 1.26. The van der Waals surface area contributed by atoms with Crippen LogP contribution in [0.1, 0.15) is 27.8 Å². The lowest BCUT2D eigenvalue weighted by molar-refractivity contribution is -0.112. The van der Waals surface area contributed by atoms with Crippen LogP contribution in [-0.2, 0) is 18.0 Å². The first-order valence-corrected chi connectivity index (χ1v) is 13.9. The molecule has 0 aromatic heterocycles. The summed E-state index contributed by atoms with van der Waals surface area (Å²) in [7, 11) is 1.58. The molecule has 0 radical (unpaired) electrons. The van der Waals surface area contributed by atoms with Crippen molar-refractivity contribution in [3.63, 3.8) is 0 Å². The number of anilines is 1. The van der Waals surface area contributed by atoms with Gasteiger partial charge in [0.05, 0.1) is 7.11 Å². The Kier molecular flexibility index (Phi) is 9.04. The van der Waals surface area contributed by atoms with Crippen LogP contribution in [0, 0.1) is 25.2 Å². The molecule has 0 saturated heterocycles. The number of nitrogens with zero attached hydrogens (tertiary/aromatic N) is 1. The number of amides is 1. The number of hydrogen-bond acceptors (Lipinski definition) is 5. The highest BCUT2D eigenvalue weighted by atomic mass is 16.5. The molecule has 0 heterocycles. The minimum atomic E-state index is -0.525. The maximum atomic E-state index is 13.1. The van der Waals surface area contributed by atoms with Crippen LogP contribution in [0.15, 0.2) is 109 Å². The average molecular weight is 569 g/mol. The zero-order chi connectivity index (χ0) is 30.2. The highest BCUT2D eigenvalue weighted by Crippen LogP contribution is 2.30. The number of benzene rings is 5. The standard InChI is InChI=1S/C37H32N2O4/c1-25-8-11-27(12-9-25)23-42-32-18-15-31(16-19-32)39-37(40)30(22-38)20-29-14-17-33(41-3)21-36(29)43-24-35-26(2)10-13-28-6-4-5-7-34(28)35/h4-21H,23-24H2,1-3H3,(H,39,40)/b30-20+. The topological polar surface area (TPSA) is 80.6 Å². The van der Waals surface area contributed by atoms with E-state index >= 15 is 0 Å². The molecule has 6 nitrogen and oxygen atoms in total. The number of fused-ring (bicyclic) bond motifs is 1. The molecule has 214 valence electrons. The molecule has 5 aromatic carbocycles. The van der Waals surface area contributed by atoms with Crippen LogP contribution in [-0.4, -0.2) is 13.0 Å². The van der Waals surface area contributed by atoms with Gasteiger partial charge in [0.2, 0.25) is 0 Å². The first-order valence-electron chi connectivity index (χ1n) is 13.9. The number of aryl methyl sites for hydroxylation is 2. The van der Waals surface area contributed by atoms with Gasteiger partial charge in [-0.3, -0.25) is 4.79 Å². The first kappa shape index (κ1) is 29.0. The number of nitriles is 1. The molecule has 0 spiro atoms. The molecular weight excluding hydrogens is 536 g/mol. The lowest BCUT2D eigenvalue weighted by atomic mass is 10.0. The molecule has 6 heteroatoms. The van der Waals surface area contributed by atoms with Crippen LogP contribution in [0.4, 0.5) is 5.69 Å². The fraction of sp³-hybridized carbons (Fsp3) is 0.135. The summed E-state index contributed by atoms with van der Waals surface area (Å²) >= 11 is 0. The monoisotopic (exact) mass is 568 g/mol. The van der Waals surface area contributed by atoms with Crippen LogP contribution in [0.25, 0.3) is 16.8 Å². The molecule has 5 rings (SSSR count). The molecule has 0 saturated carbocycles. The Labute approximate surface area is 251 Å². The molecule has 43 heavy (non-hydrogen) atoms. The number of carbonyl (C=O) groups excluding carboxylic acids is 1. The molecule has 0 aliphatic heterocycles. The summed E-state index contributed by atoms with van der Waals surface area (Å²) in [6.07, 6.45) is 1.53. The van der Waals surface area contributed by atoms with Crippen molar-refractivity contribution >= 4 is 28.4 Å². The third-order valence-electron chi connectivity index (χ3n) is 7.17. The number of nitrogens with one attached hydrogen (secondary N) is 1. The fourth-order valence-corrected chi connectivity index (χ4v) is 4.66. The highest BCUT2D eigenvalue weighted by Gasteiger charge is 2.14. The number of rotatable bonds is 10. The minimum absolute atomic E-state index is 0.0592. The van der Waals surface area contributed by atoms with Gasteiger partial charge in [-0.25, -0.2) is 0 Å². The van der Waals surface area contributed by atoms with Crippen molar-refractivity contribution in [1.82, 2.24) is 0 Å². The molecule has 0 bridgehead atoms. The van der Waals surface area contributed by atoms with E-state index in [2.05, 4.69) is 36.5 Å². The Morgan fingerprint density at radius 3 is 2.33 bits per heavy atom. The largest absolute Gasteiger partial charge is 0.497 e. The van der Waals surface area contributed by atoms with Gasteiger partial charge in [-0.1, -0.05) is 66.2 Å². The van der Waals surface area contributed by atoms with Crippen LogP contribution in [0.5, 0.6) is 17.2 Å². The Balaban J connectivity index is 1.30. The van der Waals surface area contributed by atoms with E-state index in [-0.39, 0.29) is 5.57 Å². The van der Waals surface area contributed by atoms with E-state index in [1.54, 1.807) is 49.6 Å². The lowest BCUT2D eigenvalue weighted by Crippen LogP contribution is -2.13. The Bertz CT molecular complexity index is 1820. The van der Waals surface area contributed by atoms with Crippen LogP contribution >= 0.6 is 0 Å².